The van der Waals surface area contributed by atoms with Crippen molar-refractivity contribution in [3.05, 3.63) is 48.0 Å². The summed E-state index contributed by atoms with van der Waals surface area (Å²) in [6.07, 6.45) is 6.85. The number of anilines is 2. The highest BCUT2D eigenvalue weighted by Gasteiger charge is 2.42. The number of ether oxygens (including phenoxy) is 3. The number of hydrogen-bond acceptors (Lipinski definition) is 5. The van der Waals surface area contributed by atoms with Crippen LogP contribution in [0.4, 0.5) is 16.2 Å². The van der Waals surface area contributed by atoms with Crippen LogP contribution in [0.5, 0.6) is 11.5 Å². The van der Waals surface area contributed by atoms with E-state index in [1.54, 1.807) is 12.1 Å². The lowest BCUT2D eigenvalue weighted by atomic mass is 9.68. The minimum Gasteiger partial charge on any atom is -0.454 e. The molecular weight excluding hydrogens is 434 g/mol. The third-order valence-corrected chi connectivity index (χ3v) is 6.98. The van der Waals surface area contributed by atoms with E-state index in [4.69, 9.17) is 14.2 Å². The number of carbonyl (C=O) groups is 2. The molecule has 0 radical (unpaired) electrons. The fourth-order valence-corrected chi connectivity index (χ4v) is 5.07. The molecule has 2 heterocycles. The van der Waals surface area contributed by atoms with Gasteiger partial charge in [0.25, 0.3) is 0 Å². The number of fused-ring (bicyclic) bond motifs is 1. The van der Waals surface area contributed by atoms with E-state index in [2.05, 4.69) is 16.0 Å². The minimum absolute atomic E-state index is 0.0129. The highest BCUT2D eigenvalue weighted by atomic mass is 16.7. The summed E-state index contributed by atoms with van der Waals surface area (Å²) in [5.74, 6) is 1.41. The lowest BCUT2D eigenvalue weighted by Gasteiger charge is -2.36. The van der Waals surface area contributed by atoms with Crippen LogP contribution in [0.1, 0.15) is 50.5 Å². The van der Waals surface area contributed by atoms with Gasteiger partial charge in [-0.2, -0.15) is 0 Å². The summed E-state index contributed by atoms with van der Waals surface area (Å²) in [5, 5.41) is 8.77. The van der Waals surface area contributed by atoms with Gasteiger partial charge in [-0.05, 0) is 67.6 Å². The number of rotatable bonds is 6. The first kappa shape index (κ1) is 22.5. The lowest BCUT2D eigenvalue weighted by Crippen LogP contribution is -2.42. The van der Waals surface area contributed by atoms with Crippen LogP contribution in [-0.2, 0) is 14.9 Å². The second-order valence-corrected chi connectivity index (χ2v) is 9.21. The molecule has 2 aromatic carbocycles. The van der Waals surface area contributed by atoms with Crippen molar-refractivity contribution >= 4 is 23.3 Å². The lowest BCUT2D eigenvalue weighted by molar-refractivity contribution is -0.122. The van der Waals surface area contributed by atoms with Gasteiger partial charge in [0.2, 0.25) is 12.7 Å². The first-order valence-corrected chi connectivity index (χ1v) is 12.1. The number of hydrogen-bond donors (Lipinski definition) is 3. The van der Waals surface area contributed by atoms with E-state index < -0.39 is 5.41 Å². The summed E-state index contributed by atoms with van der Waals surface area (Å²) in [6.45, 7) is 1.48. The van der Waals surface area contributed by atoms with Gasteiger partial charge < -0.3 is 30.2 Å². The van der Waals surface area contributed by atoms with Gasteiger partial charge >= 0.3 is 6.03 Å². The Bertz CT molecular complexity index is 1030. The normalized spacial score (nSPS) is 20.5. The molecule has 2 aliphatic heterocycles. The van der Waals surface area contributed by atoms with E-state index >= 15 is 0 Å². The van der Waals surface area contributed by atoms with Crippen LogP contribution in [-0.4, -0.2) is 38.0 Å². The number of amides is 3. The molecule has 2 aromatic rings. The predicted octanol–water partition coefficient (Wildman–Crippen LogP) is 4.56. The molecule has 3 amide bonds. The molecule has 1 aliphatic carbocycles. The number of benzene rings is 2. The molecule has 0 bridgehead atoms. The van der Waals surface area contributed by atoms with Crippen molar-refractivity contribution in [1.29, 1.82) is 0 Å². The minimum atomic E-state index is -0.599. The van der Waals surface area contributed by atoms with Gasteiger partial charge in [0.1, 0.15) is 0 Å². The first-order valence-electron chi connectivity index (χ1n) is 12.1. The molecule has 1 atom stereocenters. The van der Waals surface area contributed by atoms with Crippen LogP contribution in [0.25, 0.3) is 0 Å². The smallest absolute Gasteiger partial charge is 0.319 e. The Hall–Kier alpha value is -3.26. The Kier molecular flexibility index (Phi) is 6.58. The molecule has 1 saturated heterocycles. The zero-order chi connectivity index (χ0) is 23.4. The predicted molar refractivity (Wildman–Crippen MR) is 128 cm³/mol. The third-order valence-electron chi connectivity index (χ3n) is 6.98. The fraction of sp³-hybridized carbons (Fsp3) is 0.462. The molecule has 1 saturated carbocycles. The van der Waals surface area contributed by atoms with Crippen LogP contribution in [0.3, 0.4) is 0 Å². The molecule has 0 spiro atoms. The molecule has 2 fully saturated rings. The molecule has 3 aliphatic rings. The van der Waals surface area contributed by atoms with E-state index in [1.807, 2.05) is 30.3 Å². The maximum atomic E-state index is 13.6. The molecule has 34 heavy (non-hydrogen) atoms. The number of carbonyl (C=O) groups excluding carboxylic acids is 2. The zero-order valence-corrected chi connectivity index (χ0v) is 19.2. The van der Waals surface area contributed by atoms with Gasteiger partial charge in [0, 0.05) is 24.5 Å². The van der Waals surface area contributed by atoms with E-state index in [-0.39, 0.29) is 24.8 Å². The summed E-state index contributed by atoms with van der Waals surface area (Å²) >= 11 is 0. The Morgan fingerprint density at radius 1 is 0.882 bits per heavy atom. The van der Waals surface area contributed by atoms with Crippen molar-refractivity contribution in [2.75, 3.05) is 30.6 Å². The summed E-state index contributed by atoms with van der Waals surface area (Å²) < 4.78 is 16.5. The maximum absolute atomic E-state index is 13.6. The molecule has 180 valence electrons. The number of urea groups is 1. The van der Waals surface area contributed by atoms with Gasteiger partial charge in [-0.15, -0.1) is 0 Å². The highest BCUT2D eigenvalue weighted by Crippen LogP contribution is 2.44. The fourth-order valence-electron chi connectivity index (χ4n) is 5.07. The van der Waals surface area contributed by atoms with Crippen LogP contribution >= 0.6 is 0 Å². The average Bonchev–Trinajstić information content (AvgIpc) is 3.56. The molecule has 8 heteroatoms. The van der Waals surface area contributed by atoms with Gasteiger partial charge in [0.15, 0.2) is 11.5 Å². The van der Waals surface area contributed by atoms with Crippen molar-refractivity contribution in [1.82, 2.24) is 5.32 Å². The summed E-state index contributed by atoms with van der Waals surface area (Å²) in [4.78, 5) is 25.7. The van der Waals surface area contributed by atoms with Gasteiger partial charge in [-0.1, -0.05) is 25.3 Å². The Morgan fingerprint density at radius 2 is 1.62 bits per heavy atom. The third kappa shape index (κ3) is 4.82. The van der Waals surface area contributed by atoms with Crippen LogP contribution < -0.4 is 25.4 Å². The van der Waals surface area contributed by atoms with Crippen LogP contribution in [0.15, 0.2) is 42.5 Å². The van der Waals surface area contributed by atoms with Crippen molar-refractivity contribution in [3.63, 3.8) is 0 Å². The SMILES string of the molecule is O=C(NCC1CCCO1)Nc1ccc(NC(=O)C2(c3ccc4c(c3)OCO4)CCCCC2)cc1. The zero-order valence-electron chi connectivity index (χ0n) is 19.2. The second-order valence-electron chi connectivity index (χ2n) is 9.21. The molecular formula is C26H31N3O5. The molecule has 1 unspecified atom stereocenters. The van der Waals surface area contributed by atoms with E-state index in [1.165, 1.54) is 0 Å². The van der Waals surface area contributed by atoms with E-state index in [9.17, 15) is 9.59 Å². The maximum Gasteiger partial charge on any atom is 0.319 e. The topological polar surface area (TPSA) is 97.9 Å². The van der Waals surface area contributed by atoms with Crippen molar-refractivity contribution in [2.24, 2.45) is 0 Å². The Labute approximate surface area is 199 Å². The van der Waals surface area contributed by atoms with Crippen molar-refractivity contribution < 1.29 is 23.8 Å². The van der Waals surface area contributed by atoms with E-state index in [0.29, 0.717) is 23.7 Å². The quantitative estimate of drug-likeness (QED) is 0.581. The van der Waals surface area contributed by atoms with Gasteiger partial charge in [0.05, 0.1) is 11.5 Å². The Morgan fingerprint density at radius 3 is 2.35 bits per heavy atom. The molecule has 0 aromatic heterocycles. The van der Waals surface area contributed by atoms with Gasteiger partial charge in [-0.3, -0.25) is 4.79 Å². The summed E-state index contributed by atoms with van der Waals surface area (Å²) in [6, 6.07) is 12.8. The largest absolute Gasteiger partial charge is 0.454 e. The molecule has 3 N–H and O–H groups in total. The Balaban J connectivity index is 1.23. The van der Waals surface area contributed by atoms with Crippen LogP contribution in [0.2, 0.25) is 0 Å². The second kappa shape index (κ2) is 9.93. The average molecular weight is 466 g/mol. The number of nitrogens with one attached hydrogen (secondary N) is 3. The summed E-state index contributed by atoms with van der Waals surface area (Å²) in [5.41, 5.74) is 1.72. The van der Waals surface area contributed by atoms with E-state index in [0.717, 1.165) is 62.9 Å². The van der Waals surface area contributed by atoms with Crippen molar-refractivity contribution in [3.8, 4) is 11.5 Å². The molecule has 5 rings (SSSR count). The standard InChI is InChI=1S/C26H31N3O5/c30-24(26(12-2-1-3-13-26)18-6-11-22-23(15-18)34-17-33-22)28-19-7-9-20(10-8-19)29-25(31)27-16-21-5-4-14-32-21/h6-11,15,21H,1-5,12-14,16-17H2,(H,28,30)(H2,27,29,31). The van der Waals surface area contributed by atoms with Gasteiger partial charge in [-0.25, -0.2) is 4.79 Å². The monoisotopic (exact) mass is 465 g/mol. The highest BCUT2D eigenvalue weighted by molar-refractivity contribution is 5.99. The van der Waals surface area contributed by atoms with Crippen molar-refractivity contribution in [2.45, 2.75) is 56.5 Å². The molecule has 8 nitrogen and oxygen atoms in total. The first-order chi connectivity index (χ1) is 16.6. The summed E-state index contributed by atoms with van der Waals surface area (Å²) in [7, 11) is 0. The van der Waals surface area contributed by atoms with Crippen LogP contribution in [0, 0.1) is 0 Å².